The lowest BCUT2D eigenvalue weighted by atomic mass is 9.70. The largest absolute Gasteiger partial charge is 0.495 e. The Morgan fingerprint density at radius 1 is 1.02 bits per heavy atom. The van der Waals surface area contributed by atoms with E-state index in [-0.39, 0.29) is 29.5 Å². The van der Waals surface area contributed by atoms with E-state index in [1.165, 1.54) is 27.0 Å². The van der Waals surface area contributed by atoms with Crippen molar-refractivity contribution in [3.8, 4) is 5.75 Å². The van der Waals surface area contributed by atoms with Crippen LogP contribution in [0.25, 0.3) is 0 Å². The van der Waals surface area contributed by atoms with Crippen LogP contribution in [0.2, 0.25) is 0 Å². The van der Waals surface area contributed by atoms with E-state index >= 15 is 0 Å². The molecule has 1 aliphatic carbocycles. The van der Waals surface area contributed by atoms with E-state index in [1.807, 2.05) is 20.8 Å². The first-order chi connectivity index (χ1) is 18.6. The summed E-state index contributed by atoms with van der Waals surface area (Å²) in [6.45, 7) is 12.0. The quantitative estimate of drug-likeness (QED) is 0.230. The Kier molecular flexibility index (Phi) is 11.5. The smallest absolute Gasteiger partial charge is 0.303 e. The van der Waals surface area contributed by atoms with Gasteiger partial charge in [0.2, 0.25) is 0 Å². The van der Waals surface area contributed by atoms with E-state index in [2.05, 4.69) is 0 Å². The van der Waals surface area contributed by atoms with Crippen LogP contribution < -0.4 is 4.74 Å². The first-order valence-corrected chi connectivity index (χ1v) is 14.9. The maximum absolute atomic E-state index is 14.3. The highest BCUT2D eigenvalue weighted by Crippen LogP contribution is 2.46. The lowest BCUT2D eigenvalue weighted by molar-refractivity contribution is -0.144. The average molecular weight is 575 g/mol. The lowest BCUT2D eigenvalue weighted by Gasteiger charge is -2.38. The molecule has 40 heavy (non-hydrogen) atoms. The first kappa shape index (κ1) is 33.0. The zero-order valence-electron chi connectivity index (χ0n) is 24.8. The number of benzene rings is 1. The number of sulfone groups is 1. The van der Waals surface area contributed by atoms with E-state index in [1.54, 1.807) is 44.2 Å². The lowest BCUT2D eigenvalue weighted by Crippen LogP contribution is -2.37. The molecule has 1 aromatic carbocycles. The summed E-state index contributed by atoms with van der Waals surface area (Å²) in [6.07, 6.45) is 4.18. The summed E-state index contributed by atoms with van der Waals surface area (Å²) in [7, 11) is -2.59. The van der Waals surface area contributed by atoms with Crippen LogP contribution >= 0.6 is 0 Å². The maximum atomic E-state index is 14.3. The molecule has 0 bridgehead atoms. The molecule has 0 fully saturated rings. The minimum atomic E-state index is -4.01. The van der Waals surface area contributed by atoms with Crippen molar-refractivity contribution < 1.29 is 37.0 Å². The van der Waals surface area contributed by atoms with E-state index in [4.69, 9.17) is 14.2 Å². The Hall–Kier alpha value is -3.20. The van der Waals surface area contributed by atoms with Crippen LogP contribution in [0, 0.1) is 5.41 Å². The highest BCUT2D eigenvalue weighted by atomic mass is 32.2. The van der Waals surface area contributed by atoms with Crippen molar-refractivity contribution in [2.24, 2.45) is 5.41 Å². The summed E-state index contributed by atoms with van der Waals surface area (Å²) in [4.78, 5) is 35.8. The zero-order chi connectivity index (χ0) is 30.3. The molecule has 0 aromatic heterocycles. The number of ketones is 1. The van der Waals surface area contributed by atoms with Crippen molar-refractivity contribution in [2.45, 2.75) is 90.4 Å². The summed E-state index contributed by atoms with van der Waals surface area (Å²) in [5.41, 5.74) is 2.09. The zero-order valence-corrected chi connectivity index (χ0v) is 25.6. The second-order valence-corrected chi connectivity index (χ2v) is 13.1. The number of esters is 2. The molecule has 220 valence electrons. The Balaban J connectivity index is 2.59. The minimum absolute atomic E-state index is 0.0532. The third-order valence-corrected chi connectivity index (χ3v) is 9.24. The molecule has 0 saturated carbocycles. The Labute approximate surface area is 238 Å². The number of hydrogen-bond acceptors (Lipinski definition) is 8. The molecular weight excluding hydrogens is 532 g/mol. The van der Waals surface area contributed by atoms with Crippen LogP contribution in [0.1, 0.15) is 74.1 Å². The fourth-order valence-electron chi connectivity index (χ4n) is 5.18. The molecule has 0 spiro atoms. The summed E-state index contributed by atoms with van der Waals surface area (Å²) in [6, 6.07) is 6.48. The summed E-state index contributed by atoms with van der Waals surface area (Å²) in [5.74, 6) is -0.689. The van der Waals surface area contributed by atoms with E-state index in [0.717, 1.165) is 5.57 Å². The molecule has 0 aliphatic heterocycles. The second-order valence-electron chi connectivity index (χ2n) is 11.0. The predicted octanol–water partition coefficient (Wildman–Crippen LogP) is 5.71. The molecule has 9 heteroatoms. The highest BCUT2D eigenvalue weighted by Gasteiger charge is 2.43. The molecule has 1 aromatic rings. The van der Waals surface area contributed by atoms with Gasteiger partial charge in [0, 0.05) is 26.7 Å². The molecule has 0 N–H and O–H groups in total. The highest BCUT2D eigenvalue weighted by molar-refractivity contribution is 7.92. The Bertz CT molecular complexity index is 1310. The number of carbonyl (C=O) groups excluding carboxylic acids is 3. The standard InChI is InChI=1S/C31H42O8S/c1-20(14-16-38-23(4)32)17-25(39-24(5)33)18-21(2)19-29(30-22(3)26(34)13-15-31(30,6)7)40(35,36)28-12-10-9-11-27(28)37-8/h9-12,14,18,25,29H,13,15-17,19H2,1-8H3/b20-14+,21-18+. The van der Waals surface area contributed by atoms with Gasteiger partial charge in [-0.1, -0.05) is 37.1 Å². The minimum Gasteiger partial charge on any atom is -0.495 e. The van der Waals surface area contributed by atoms with Crippen molar-refractivity contribution >= 4 is 27.6 Å². The third kappa shape index (κ3) is 8.65. The molecule has 2 unspecified atom stereocenters. The van der Waals surface area contributed by atoms with Crippen molar-refractivity contribution in [1.29, 1.82) is 0 Å². The van der Waals surface area contributed by atoms with Gasteiger partial charge in [0.1, 0.15) is 23.4 Å². The maximum Gasteiger partial charge on any atom is 0.303 e. The van der Waals surface area contributed by atoms with Crippen molar-refractivity contribution in [1.82, 2.24) is 0 Å². The van der Waals surface area contributed by atoms with Gasteiger partial charge in [0.25, 0.3) is 0 Å². The fourth-order valence-corrected chi connectivity index (χ4v) is 7.48. The van der Waals surface area contributed by atoms with Gasteiger partial charge < -0.3 is 14.2 Å². The first-order valence-electron chi connectivity index (χ1n) is 13.3. The molecule has 0 heterocycles. The SMILES string of the molecule is COc1ccccc1S(=O)(=O)C(C/C(C)=C/C(C/C(C)=C/COC(C)=O)OC(C)=O)C1=C(C)C(=O)CCC1(C)C. The molecule has 1 aliphatic rings. The van der Waals surface area contributed by atoms with Gasteiger partial charge in [-0.25, -0.2) is 8.42 Å². The summed E-state index contributed by atoms with van der Waals surface area (Å²) in [5, 5.41) is -1.03. The number of carbonyl (C=O) groups is 3. The van der Waals surface area contributed by atoms with Gasteiger partial charge in [-0.15, -0.1) is 0 Å². The summed E-state index contributed by atoms with van der Waals surface area (Å²) >= 11 is 0. The molecule has 0 saturated heterocycles. The number of methoxy groups -OCH3 is 1. The van der Waals surface area contributed by atoms with E-state index in [9.17, 15) is 22.8 Å². The topological polar surface area (TPSA) is 113 Å². The Morgan fingerprint density at radius 3 is 2.27 bits per heavy atom. The number of Topliss-reactive ketones (excluding diaryl/α,β-unsaturated/α-hetero) is 1. The summed E-state index contributed by atoms with van der Waals surface area (Å²) < 4.78 is 44.5. The van der Waals surface area contributed by atoms with Crippen molar-refractivity contribution in [3.05, 3.63) is 58.7 Å². The van der Waals surface area contributed by atoms with Gasteiger partial charge >= 0.3 is 11.9 Å². The van der Waals surface area contributed by atoms with Gasteiger partial charge in [-0.05, 0) is 74.5 Å². The number of ether oxygens (including phenoxy) is 3. The number of hydrogen-bond donors (Lipinski definition) is 0. The molecule has 0 amide bonds. The number of allylic oxidation sites excluding steroid dienone is 2. The van der Waals surface area contributed by atoms with Crippen LogP contribution in [0.15, 0.2) is 63.6 Å². The van der Waals surface area contributed by atoms with Crippen LogP contribution in [-0.4, -0.2) is 51.2 Å². The third-order valence-electron chi connectivity index (χ3n) is 7.14. The van der Waals surface area contributed by atoms with Crippen LogP contribution in [-0.2, 0) is 33.7 Å². The molecule has 2 rings (SSSR count). The fraction of sp³-hybridized carbons (Fsp3) is 0.516. The van der Waals surface area contributed by atoms with Crippen LogP contribution in [0.5, 0.6) is 5.75 Å². The van der Waals surface area contributed by atoms with E-state index < -0.39 is 38.5 Å². The Morgan fingerprint density at radius 2 is 1.68 bits per heavy atom. The van der Waals surface area contributed by atoms with Gasteiger partial charge in [-0.2, -0.15) is 0 Å². The van der Waals surface area contributed by atoms with Crippen LogP contribution in [0.3, 0.4) is 0 Å². The van der Waals surface area contributed by atoms with Gasteiger partial charge in [0.15, 0.2) is 15.6 Å². The second kappa shape index (κ2) is 13.9. The van der Waals surface area contributed by atoms with Crippen molar-refractivity contribution in [2.75, 3.05) is 13.7 Å². The predicted molar refractivity (Wildman–Crippen MR) is 154 cm³/mol. The average Bonchev–Trinajstić information content (AvgIpc) is 2.85. The molecule has 8 nitrogen and oxygen atoms in total. The number of para-hydroxylation sites is 1. The molecular formula is C31H42O8S. The molecule has 0 radical (unpaired) electrons. The van der Waals surface area contributed by atoms with E-state index in [0.29, 0.717) is 36.0 Å². The normalized spacial score (nSPS) is 17.8. The van der Waals surface area contributed by atoms with Gasteiger partial charge in [-0.3, -0.25) is 14.4 Å². The monoisotopic (exact) mass is 574 g/mol. The van der Waals surface area contributed by atoms with Crippen LogP contribution in [0.4, 0.5) is 0 Å². The number of rotatable bonds is 12. The van der Waals surface area contributed by atoms with Gasteiger partial charge in [0.05, 0.1) is 12.4 Å². The van der Waals surface area contributed by atoms with Crippen molar-refractivity contribution in [3.63, 3.8) is 0 Å². The molecule has 2 atom stereocenters.